The van der Waals surface area contributed by atoms with Gasteiger partial charge in [-0.2, -0.15) is 0 Å². The molecule has 0 aromatic heterocycles. The minimum absolute atomic E-state index is 0.249. The minimum atomic E-state index is -3.54. The van der Waals surface area contributed by atoms with Crippen LogP contribution >= 0.6 is 11.6 Å². The number of nitrogens with one attached hydrogen (secondary N) is 1. The molecule has 0 amide bonds. The Labute approximate surface area is 160 Å². The Hall–Kier alpha value is -1.60. The lowest BCUT2D eigenvalue weighted by molar-refractivity contribution is 0.262. The van der Waals surface area contributed by atoms with Crippen LogP contribution in [0.4, 0.5) is 5.69 Å². The molecule has 1 aliphatic rings. The molecule has 0 radical (unpaired) electrons. The van der Waals surface area contributed by atoms with Gasteiger partial charge >= 0.3 is 0 Å². The highest BCUT2D eigenvalue weighted by Gasteiger charge is 2.20. The van der Waals surface area contributed by atoms with Crippen LogP contribution in [-0.2, 0) is 10.0 Å². The van der Waals surface area contributed by atoms with E-state index >= 15 is 0 Å². The number of para-hydroxylation sites is 1. The average Bonchev–Trinajstić information content (AvgIpc) is 2.65. The summed E-state index contributed by atoms with van der Waals surface area (Å²) >= 11 is 6.03. The molecule has 5 nitrogen and oxygen atoms in total. The summed E-state index contributed by atoms with van der Waals surface area (Å²) in [5, 5.41) is 0.463. The molecule has 1 fully saturated rings. The van der Waals surface area contributed by atoms with E-state index in [-0.39, 0.29) is 4.90 Å². The lowest BCUT2D eigenvalue weighted by Crippen LogP contribution is -2.48. The first-order valence-electron chi connectivity index (χ1n) is 8.74. The van der Waals surface area contributed by atoms with Gasteiger partial charge in [-0.05, 0) is 36.8 Å². The van der Waals surface area contributed by atoms with Gasteiger partial charge in [0.2, 0.25) is 10.0 Å². The van der Waals surface area contributed by atoms with Gasteiger partial charge in [-0.25, -0.2) is 13.1 Å². The number of sulfonamides is 1. The molecule has 0 bridgehead atoms. The van der Waals surface area contributed by atoms with Crippen LogP contribution in [0.3, 0.4) is 0 Å². The standard InChI is InChI=1S/C19H24ClN3O2S/c1-16-18(20)8-5-9-19(16)26(24,25)21-10-11-22-12-14-23(15-13-22)17-6-3-2-4-7-17/h2-9,21H,10-15H2,1H3. The zero-order valence-corrected chi connectivity index (χ0v) is 16.4. The van der Waals surface area contributed by atoms with E-state index in [0.29, 0.717) is 23.7 Å². The second kappa shape index (κ2) is 8.39. The SMILES string of the molecule is Cc1c(Cl)cccc1S(=O)(=O)NCCN1CCN(c2ccccc2)CC1. The highest BCUT2D eigenvalue weighted by Crippen LogP contribution is 2.22. The Bertz CT molecular complexity index is 835. The van der Waals surface area contributed by atoms with E-state index in [1.54, 1.807) is 25.1 Å². The summed E-state index contributed by atoms with van der Waals surface area (Å²) in [4.78, 5) is 4.89. The van der Waals surface area contributed by atoms with Crippen molar-refractivity contribution < 1.29 is 8.42 Å². The first kappa shape index (κ1) is 19.2. The zero-order valence-electron chi connectivity index (χ0n) is 14.9. The molecule has 1 saturated heterocycles. The number of halogens is 1. The molecule has 0 unspecified atom stereocenters. The molecule has 1 aliphatic heterocycles. The van der Waals surface area contributed by atoms with Gasteiger partial charge in [0.1, 0.15) is 0 Å². The van der Waals surface area contributed by atoms with Gasteiger partial charge in [0, 0.05) is 50.0 Å². The molecule has 26 heavy (non-hydrogen) atoms. The van der Waals surface area contributed by atoms with Crippen molar-refractivity contribution in [2.75, 3.05) is 44.2 Å². The van der Waals surface area contributed by atoms with Gasteiger partial charge in [0.05, 0.1) is 4.90 Å². The maximum absolute atomic E-state index is 12.5. The number of rotatable bonds is 6. The summed E-state index contributed by atoms with van der Waals surface area (Å²) in [5.41, 5.74) is 1.82. The molecule has 3 rings (SSSR count). The summed E-state index contributed by atoms with van der Waals surface area (Å²) in [5.74, 6) is 0. The number of benzene rings is 2. The second-order valence-corrected chi connectivity index (χ2v) is 8.57. The van der Waals surface area contributed by atoms with Crippen molar-refractivity contribution in [3.05, 3.63) is 59.1 Å². The molecule has 140 valence electrons. The van der Waals surface area contributed by atoms with Gasteiger partial charge in [0.15, 0.2) is 0 Å². The summed E-state index contributed by atoms with van der Waals surface area (Å²) in [6.45, 7) is 6.55. The van der Waals surface area contributed by atoms with Crippen LogP contribution in [0.2, 0.25) is 5.02 Å². The van der Waals surface area contributed by atoms with Crippen molar-refractivity contribution >= 4 is 27.3 Å². The Morgan fingerprint density at radius 2 is 1.69 bits per heavy atom. The Kier molecular flexibility index (Phi) is 6.19. The van der Waals surface area contributed by atoms with Gasteiger partial charge in [-0.1, -0.05) is 35.9 Å². The van der Waals surface area contributed by atoms with Gasteiger partial charge < -0.3 is 4.90 Å². The third kappa shape index (κ3) is 4.57. The van der Waals surface area contributed by atoms with Crippen LogP contribution in [0.5, 0.6) is 0 Å². The molecule has 0 spiro atoms. The molecule has 0 aliphatic carbocycles. The predicted molar refractivity (Wildman–Crippen MR) is 106 cm³/mol. The van der Waals surface area contributed by atoms with Crippen LogP contribution in [0, 0.1) is 6.92 Å². The van der Waals surface area contributed by atoms with Crippen LogP contribution in [0.25, 0.3) is 0 Å². The number of nitrogens with zero attached hydrogens (tertiary/aromatic N) is 2. The monoisotopic (exact) mass is 393 g/mol. The highest BCUT2D eigenvalue weighted by molar-refractivity contribution is 7.89. The Morgan fingerprint density at radius 3 is 2.38 bits per heavy atom. The fourth-order valence-corrected chi connectivity index (χ4v) is 4.68. The summed E-state index contributed by atoms with van der Waals surface area (Å²) in [6.07, 6.45) is 0. The van der Waals surface area contributed by atoms with Crippen molar-refractivity contribution in [3.8, 4) is 0 Å². The lowest BCUT2D eigenvalue weighted by atomic mass is 10.2. The molecular formula is C19H24ClN3O2S. The van der Waals surface area contributed by atoms with Gasteiger partial charge in [-0.15, -0.1) is 0 Å². The molecule has 2 aromatic rings. The highest BCUT2D eigenvalue weighted by atomic mass is 35.5. The predicted octanol–water partition coefficient (Wildman–Crippen LogP) is 2.75. The van der Waals surface area contributed by atoms with Crippen LogP contribution in [-0.4, -0.2) is 52.6 Å². The third-order valence-electron chi connectivity index (χ3n) is 4.72. The summed E-state index contributed by atoms with van der Waals surface area (Å²) < 4.78 is 27.7. The normalized spacial score (nSPS) is 16.0. The minimum Gasteiger partial charge on any atom is -0.369 e. The Morgan fingerprint density at radius 1 is 1.00 bits per heavy atom. The molecule has 1 heterocycles. The van der Waals surface area contributed by atoms with Gasteiger partial charge in [-0.3, -0.25) is 4.90 Å². The van der Waals surface area contributed by atoms with Crippen LogP contribution in [0.1, 0.15) is 5.56 Å². The van der Waals surface area contributed by atoms with Gasteiger partial charge in [0.25, 0.3) is 0 Å². The number of anilines is 1. The number of hydrogen-bond acceptors (Lipinski definition) is 4. The molecule has 0 atom stereocenters. The van der Waals surface area contributed by atoms with Crippen molar-refractivity contribution in [2.45, 2.75) is 11.8 Å². The van der Waals surface area contributed by atoms with E-state index in [1.807, 2.05) is 18.2 Å². The Balaban J connectivity index is 1.49. The van der Waals surface area contributed by atoms with E-state index < -0.39 is 10.0 Å². The van der Waals surface area contributed by atoms with E-state index in [4.69, 9.17) is 11.6 Å². The van der Waals surface area contributed by atoms with Crippen molar-refractivity contribution in [2.24, 2.45) is 0 Å². The first-order chi connectivity index (χ1) is 12.5. The second-order valence-electron chi connectivity index (χ2n) is 6.42. The van der Waals surface area contributed by atoms with E-state index in [0.717, 1.165) is 26.2 Å². The maximum atomic E-state index is 12.5. The first-order valence-corrected chi connectivity index (χ1v) is 10.6. The molecule has 1 N–H and O–H groups in total. The fraction of sp³-hybridized carbons (Fsp3) is 0.368. The van der Waals surface area contributed by atoms with Crippen molar-refractivity contribution in [3.63, 3.8) is 0 Å². The topological polar surface area (TPSA) is 52.7 Å². The smallest absolute Gasteiger partial charge is 0.240 e. The number of hydrogen-bond donors (Lipinski definition) is 1. The average molecular weight is 394 g/mol. The summed E-state index contributed by atoms with van der Waals surface area (Å²) in [7, 11) is -3.54. The van der Waals surface area contributed by atoms with E-state index in [9.17, 15) is 8.42 Å². The zero-order chi connectivity index (χ0) is 18.6. The van der Waals surface area contributed by atoms with Crippen LogP contribution < -0.4 is 9.62 Å². The fourth-order valence-electron chi connectivity index (χ4n) is 3.16. The third-order valence-corrected chi connectivity index (χ3v) is 6.74. The quantitative estimate of drug-likeness (QED) is 0.819. The largest absolute Gasteiger partial charge is 0.369 e. The maximum Gasteiger partial charge on any atom is 0.240 e. The van der Waals surface area contributed by atoms with E-state index in [2.05, 4.69) is 26.7 Å². The van der Waals surface area contributed by atoms with E-state index in [1.165, 1.54) is 5.69 Å². The van der Waals surface area contributed by atoms with Crippen molar-refractivity contribution in [1.29, 1.82) is 0 Å². The van der Waals surface area contributed by atoms with Crippen molar-refractivity contribution in [1.82, 2.24) is 9.62 Å². The molecule has 7 heteroatoms. The number of piperazine rings is 1. The molecule has 2 aromatic carbocycles. The summed E-state index contributed by atoms with van der Waals surface area (Å²) in [6, 6.07) is 15.3. The van der Waals surface area contributed by atoms with Crippen LogP contribution in [0.15, 0.2) is 53.4 Å². The molecule has 0 saturated carbocycles. The molecular weight excluding hydrogens is 370 g/mol. The lowest BCUT2D eigenvalue weighted by Gasteiger charge is -2.36.